The first-order valence-electron chi connectivity index (χ1n) is 7.79. The first kappa shape index (κ1) is 16.8. The van der Waals surface area contributed by atoms with Crippen LogP contribution in [0.5, 0.6) is 0 Å². The van der Waals surface area contributed by atoms with E-state index in [9.17, 15) is 13.2 Å². The van der Waals surface area contributed by atoms with Crippen LogP contribution in [0.3, 0.4) is 0 Å². The molecular weight excluding hydrogens is 300 g/mol. The van der Waals surface area contributed by atoms with Crippen LogP contribution in [-0.4, -0.2) is 44.7 Å². The van der Waals surface area contributed by atoms with Gasteiger partial charge in [-0.05, 0) is 37.3 Å². The van der Waals surface area contributed by atoms with E-state index in [4.69, 9.17) is 0 Å². The molecule has 2 amide bonds. The summed E-state index contributed by atoms with van der Waals surface area (Å²) in [4.78, 5) is 14.2. The Hall–Kier alpha value is -1.56. The maximum atomic E-state index is 12.1. The molecule has 22 heavy (non-hydrogen) atoms. The fourth-order valence-corrected chi connectivity index (χ4v) is 4.02. The number of hydrogen-bond acceptors (Lipinski definition) is 3. The van der Waals surface area contributed by atoms with Gasteiger partial charge >= 0.3 is 6.03 Å². The Morgan fingerprint density at radius 3 is 2.73 bits per heavy atom. The molecule has 1 N–H and O–H groups in total. The van der Waals surface area contributed by atoms with Crippen LogP contribution in [0.15, 0.2) is 35.2 Å². The summed E-state index contributed by atoms with van der Waals surface area (Å²) < 4.78 is 24.2. The van der Waals surface area contributed by atoms with Crippen molar-refractivity contribution >= 4 is 15.9 Å². The second kappa shape index (κ2) is 7.63. The van der Waals surface area contributed by atoms with Crippen LogP contribution in [-0.2, 0) is 9.84 Å². The van der Waals surface area contributed by atoms with Crippen molar-refractivity contribution in [1.29, 1.82) is 0 Å². The van der Waals surface area contributed by atoms with Gasteiger partial charge in [0, 0.05) is 19.6 Å². The van der Waals surface area contributed by atoms with Gasteiger partial charge in [0.1, 0.15) is 0 Å². The monoisotopic (exact) mass is 324 g/mol. The molecule has 0 aromatic heterocycles. The highest BCUT2D eigenvalue weighted by molar-refractivity contribution is 7.91. The molecule has 0 aliphatic carbocycles. The number of rotatable bonds is 5. The number of nitrogens with zero attached hydrogens (tertiary/aromatic N) is 1. The molecule has 1 aromatic rings. The van der Waals surface area contributed by atoms with Gasteiger partial charge in [0.25, 0.3) is 0 Å². The van der Waals surface area contributed by atoms with E-state index < -0.39 is 9.84 Å². The maximum absolute atomic E-state index is 12.1. The Morgan fingerprint density at radius 2 is 2.05 bits per heavy atom. The van der Waals surface area contributed by atoms with Gasteiger partial charge < -0.3 is 10.2 Å². The molecule has 0 bridgehead atoms. The Labute approximate surface area is 132 Å². The summed E-state index contributed by atoms with van der Waals surface area (Å²) in [6, 6.07) is 8.34. The van der Waals surface area contributed by atoms with Crippen LogP contribution < -0.4 is 5.32 Å². The zero-order valence-electron chi connectivity index (χ0n) is 13.0. The molecule has 1 aliphatic rings. The van der Waals surface area contributed by atoms with E-state index in [1.165, 1.54) is 6.42 Å². The average Bonchev–Trinajstić information content (AvgIpc) is 2.52. The molecule has 1 unspecified atom stereocenters. The summed E-state index contributed by atoms with van der Waals surface area (Å²) in [7, 11) is -3.26. The van der Waals surface area contributed by atoms with Crippen molar-refractivity contribution in [3.63, 3.8) is 0 Å². The zero-order valence-corrected chi connectivity index (χ0v) is 13.8. The third-order valence-electron chi connectivity index (χ3n) is 3.91. The molecule has 1 heterocycles. The van der Waals surface area contributed by atoms with Gasteiger partial charge in [-0.3, -0.25) is 0 Å². The van der Waals surface area contributed by atoms with E-state index in [0.29, 0.717) is 23.8 Å². The largest absolute Gasteiger partial charge is 0.338 e. The number of piperidine rings is 1. The number of carbonyl (C=O) groups is 1. The normalized spacial score (nSPS) is 19.0. The highest BCUT2D eigenvalue weighted by Crippen LogP contribution is 2.15. The average molecular weight is 324 g/mol. The summed E-state index contributed by atoms with van der Waals surface area (Å²) >= 11 is 0. The number of amides is 2. The van der Waals surface area contributed by atoms with Crippen molar-refractivity contribution in [3.05, 3.63) is 30.3 Å². The lowest BCUT2D eigenvalue weighted by molar-refractivity contribution is 0.170. The van der Waals surface area contributed by atoms with E-state index >= 15 is 0 Å². The number of nitrogens with one attached hydrogen (secondary N) is 1. The Kier molecular flexibility index (Phi) is 5.83. The van der Waals surface area contributed by atoms with Crippen molar-refractivity contribution < 1.29 is 13.2 Å². The van der Waals surface area contributed by atoms with Crippen LogP contribution in [0, 0.1) is 5.92 Å². The number of benzene rings is 1. The molecule has 1 atom stereocenters. The first-order chi connectivity index (χ1) is 10.5. The molecule has 0 spiro atoms. The number of hydrogen-bond donors (Lipinski definition) is 1. The lowest BCUT2D eigenvalue weighted by Gasteiger charge is -2.30. The second-order valence-corrected chi connectivity index (χ2v) is 8.02. The number of sulfone groups is 1. The highest BCUT2D eigenvalue weighted by Gasteiger charge is 2.20. The van der Waals surface area contributed by atoms with Gasteiger partial charge in [-0.25, -0.2) is 13.2 Å². The molecule has 122 valence electrons. The summed E-state index contributed by atoms with van der Waals surface area (Å²) in [6.07, 6.45) is 2.63. The molecule has 0 saturated carbocycles. The van der Waals surface area contributed by atoms with Gasteiger partial charge in [0.15, 0.2) is 9.84 Å². The SMILES string of the molecule is CC1CCCN(C(=O)NCCCS(=O)(=O)c2ccccc2)C1. The second-order valence-electron chi connectivity index (χ2n) is 5.91. The predicted octanol–water partition coefficient (Wildman–Crippen LogP) is 2.29. The van der Waals surface area contributed by atoms with Gasteiger partial charge in [-0.2, -0.15) is 0 Å². The molecule has 2 rings (SSSR count). The summed E-state index contributed by atoms with van der Waals surface area (Å²) in [5.74, 6) is 0.589. The summed E-state index contributed by atoms with van der Waals surface area (Å²) in [6.45, 7) is 4.11. The van der Waals surface area contributed by atoms with Crippen LogP contribution in [0.25, 0.3) is 0 Å². The Balaban J connectivity index is 1.74. The van der Waals surface area contributed by atoms with Crippen LogP contribution in [0.1, 0.15) is 26.2 Å². The molecule has 1 fully saturated rings. The highest BCUT2D eigenvalue weighted by atomic mass is 32.2. The fraction of sp³-hybridized carbons (Fsp3) is 0.562. The Bertz CT molecular complexity index is 587. The van der Waals surface area contributed by atoms with Crippen molar-refractivity contribution in [1.82, 2.24) is 10.2 Å². The van der Waals surface area contributed by atoms with Gasteiger partial charge in [-0.15, -0.1) is 0 Å². The smallest absolute Gasteiger partial charge is 0.317 e. The summed E-state index contributed by atoms with van der Waals surface area (Å²) in [5.41, 5.74) is 0. The number of likely N-dealkylation sites (tertiary alicyclic amines) is 1. The lowest BCUT2D eigenvalue weighted by Crippen LogP contribution is -2.45. The van der Waals surface area contributed by atoms with Gasteiger partial charge in [-0.1, -0.05) is 25.1 Å². The first-order valence-corrected chi connectivity index (χ1v) is 9.45. The predicted molar refractivity (Wildman–Crippen MR) is 86.5 cm³/mol. The number of carbonyl (C=O) groups excluding carboxylic acids is 1. The number of urea groups is 1. The van der Waals surface area contributed by atoms with Crippen LogP contribution in [0.2, 0.25) is 0 Å². The van der Waals surface area contributed by atoms with Crippen LogP contribution in [0.4, 0.5) is 4.79 Å². The van der Waals surface area contributed by atoms with E-state index in [1.54, 1.807) is 30.3 Å². The van der Waals surface area contributed by atoms with E-state index in [-0.39, 0.29) is 11.8 Å². The van der Waals surface area contributed by atoms with Crippen molar-refractivity contribution in [2.24, 2.45) is 5.92 Å². The quantitative estimate of drug-likeness (QED) is 0.845. The topological polar surface area (TPSA) is 66.5 Å². The summed E-state index contributed by atoms with van der Waals surface area (Å²) in [5, 5.41) is 2.82. The third kappa shape index (κ3) is 4.73. The maximum Gasteiger partial charge on any atom is 0.317 e. The Morgan fingerprint density at radius 1 is 1.32 bits per heavy atom. The van der Waals surface area contributed by atoms with E-state index in [1.807, 2.05) is 4.90 Å². The molecule has 5 nitrogen and oxygen atoms in total. The minimum atomic E-state index is -3.26. The van der Waals surface area contributed by atoms with Gasteiger partial charge in [0.05, 0.1) is 10.6 Å². The van der Waals surface area contributed by atoms with Crippen LogP contribution >= 0.6 is 0 Å². The molecular formula is C16H24N2O3S. The molecule has 1 saturated heterocycles. The fourth-order valence-electron chi connectivity index (χ4n) is 2.69. The van der Waals surface area contributed by atoms with Crippen molar-refractivity contribution in [2.75, 3.05) is 25.4 Å². The zero-order chi connectivity index (χ0) is 16.0. The lowest BCUT2D eigenvalue weighted by atomic mass is 10.0. The molecule has 0 radical (unpaired) electrons. The molecule has 1 aliphatic heterocycles. The minimum absolute atomic E-state index is 0.0493. The standard InChI is InChI=1S/C16H24N2O3S/c1-14-7-5-11-18(13-14)16(19)17-10-6-12-22(20,21)15-8-3-2-4-9-15/h2-4,8-9,14H,5-7,10-13H2,1H3,(H,17,19). The minimum Gasteiger partial charge on any atom is -0.338 e. The van der Waals surface area contributed by atoms with Gasteiger partial charge in [0.2, 0.25) is 0 Å². The van der Waals surface area contributed by atoms with E-state index in [0.717, 1.165) is 19.5 Å². The van der Waals surface area contributed by atoms with E-state index in [2.05, 4.69) is 12.2 Å². The molecule has 6 heteroatoms. The van der Waals surface area contributed by atoms with Crippen molar-refractivity contribution in [3.8, 4) is 0 Å². The van der Waals surface area contributed by atoms with Crippen molar-refractivity contribution in [2.45, 2.75) is 31.1 Å². The molecule has 1 aromatic carbocycles. The third-order valence-corrected chi connectivity index (χ3v) is 5.73.